The summed E-state index contributed by atoms with van der Waals surface area (Å²) in [6.45, 7) is 1.83. The van der Waals surface area contributed by atoms with Gasteiger partial charge in [-0.25, -0.2) is 0 Å². The summed E-state index contributed by atoms with van der Waals surface area (Å²) in [6, 6.07) is 4.24. The Morgan fingerprint density at radius 3 is 2.67 bits per heavy atom. The summed E-state index contributed by atoms with van der Waals surface area (Å²) < 4.78 is 0. The molecule has 0 saturated heterocycles. The third-order valence-corrected chi connectivity index (χ3v) is 5.47. The van der Waals surface area contributed by atoms with E-state index in [2.05, 4.69) is 5.32 Å². The lowest BCUT2D eigenvalue weighted by Gasteiger charge is -2.29. The molecule has 2 aliphatic rings. The lowest BCUT2D eigenvalue weighted by Crippen LogP contribution is -2.48. The quantitative estimate of drug-likeness (QED) is 0.632. The first kappa shape index (κ1) is 16.4. The molecule has 7 nitrogen and oxygen atoms in total. The summed E-state index contributed by atoms with van der Waals surface area (Å²) in [7, 11) is 0. The molecule has 2 aliphatic carbocycles. The molecule has 0 spiro atoms. The lowest BCUT2D eigenvalue weighted by atomic mass is 9.84. The van der Waals surface area contributed by atoms with Gasteiger partial charge in [0, 0.05) is 23.2 Å². The minimum Gasteiger partial charge on any atom is -0.369 e. The number of fused-ring (bicyclic) bond motifs is 2. The highest BCUT2D eigenvalue weighted by Gasteiger charge is 2.50. The molecule has 4 atom stereocenters. The molecule has 1 aromatic carbocycles. The largest absolute Gasteiger partial charge is 0.369 e. The second-order valence-electron chi connectivity index (χ2n) is 6.71. The normalized spacial score (nSPS) is 27.9. The number of primary amides is 1. The molecular weight excluding hydrogens is 310 g/mol. The van der Waals surface area contributed by atoms with Crippen LogP contribution >= 0.6 is 0 Å². The van der Waals surface area contributed by atoms with Crippen molar-refractivity contribution in [2.75, 3.05) is 0 Å². The molecule has 7 heteroatoms. The summed E-state index contributed by atoms with van der Waals surface area (Å²) in [4.78, 5) is 34.9. The predicted molar refractivity (Wildman–Crippen MR) is 87.2 cm³/mol. The molecular formula is C17H21N3O4. The Labute approximate surface area is 139 Å². The fourth-order valence-corrected chi connectivity index (χ4v) is 4.32. The van der Waals surface area contributed by atoms with Crippen LogP contribution in [0.5, 0.6) is 0 Å². The smallest absolute Gasteiger partial charge is 0.273 e. The second kappa shape index (κ2) is 6.22. The number of carbonyl (C=O) groups is 2. The number of nitrogens with two attached hydrogens (primary N) is 1. The Balaban J connectivity index is 1.81. The van der Waals surface area contributed by atoms with Crippen LogP contribution in [0.2, 0.25) is 0 Å². The lowest BCUT2D eigenvalue weighted by molar-refractivity contribution is -0.385. The number of carbonyl (C=O) groups excluding carboxylic acids is 2. The van der Waals surface area contributed by atoms with E-state index in [0.29, 0.717) is 12.0 Å². The molecule has 0 unspecified atom stereocenters. The van der Waals surface area contributed by atoms with Gasteiger partial charge in [-0.1, -0.05) is 13.0 Å². The van der Waals surface area contributed by atoms with E-state index >= 15 is 0 Å². The Morgan fingerprint density at radius 1 is 1.33 bits per heavy atom. The van der Waals surface area contributed by atoms with Gasteiger partial charge < -0.3 is 11.1 Å². The number of nitrogens with one attached hydrogen (secondary N) is 1. The average molecular weight is 331 g/mol. The van der Waals surface area contributed by atoms with Gasteiger partial charge in [-0.3, -0.25) is 19.7 Å². The van der Waals surface area contributed by atoms with Crippen molar-refractivity contribution in [1.82, 2.24) is 5.32 Å². The van der Waals surface area contributed by atoms with Gasteiger partial charge >= 0.3 is 0 Å². The number of nitro groups is 1. The maximum atomic E-state index is 12.5. The highest BCUT2D eigenvalue weighted by molar-refractivity contribution is 5.95. The number of rotatable bonds is 5. The molecule has 24 heavy (non-hydrogen) atoms. The van der Waals surface area contributed by atoms with Gasteiger partial charge in [0.05, 0.1) is 10.8 Å². The standard InChI is InChI=1S/C17H21N3O4/c1-2-9-3-6-12(8-13(9)20(23)24)17(22)19-15-11-5-4-10(7-11)14(15)16(18)21/h3,6,8,10-11,14-15H,2,4-5,7H2,1H3,(H2,18,21)(H,19,22)/t10-,11-,14+,15+/m0/s1. The molecule has 0 aromatic heterocycles. The minimum atomic E-state index is -0.473. The Morgan fingerprint density at radius 2 is 2.04 bits per heavy atom. The highest BCUT2D eigenvalue weighted by atomic mass is 16.6. The van der Waals surface area contributed by atoms with Crippen molar-refractivity contribution >= 4 is 17.5 Å². The first-order valence-corrected chi connectivity index (χ1v) is 8.29. The van der Waals surface area contributed by atoms with Gasteiger partial charge in [-0.2, -0.15) is 0 Å². The molecule has 2 saturated carbocycles. The highest BCUT2D eigenvalue weighted by Crippen LogP contribution is 2.48. The van der Waals surface area contributed by atoms with Crippen LogP contribution in [0.4, 0.5) is 5.69 Å². The molecule has 0 radical (unpaired) electrons. The maximum Gasteiger partial charge on any atom is 0.273 e. The molecule has 0 heterocycles. The zero-order valence-electron chi connectivity index (χ0n) is 13.5. The maximum absolute atomic E-state index is 12.5. The first-order chi connectivity index (χ1) is 11.4. The van der Waals surface area contributed by atoms with Gasteiger partial charge in [-0.15, -0.1) is 0 Å². The van der Waals surface area contributed by atoms with Gasteiger partial charge in [0.2, 0.25) is 5.91 Å². The van der Waals surface area contributed by atoms with E-state index in [0.717, 1.165) is 19.3 Å². The van der Waals surface area contributed by atoms with Crippen molar-refractivity contribution in [2.24, 2.45) is 23.5 Å². The molecule has 3 rings (SSSR count). The topological polar surface area (TPSA) is 115 Å². The van der Waals surface area contributed by atoms with Gasteiger partial charge in [0.15, 0.2) is 0 Å². The molecule has 2 bridgehead atoms. The molecule has 0 aliphatic heterocycles. The van der Waals surface area contributed by atoms with Crippen LogP contribution in [-0.4, -0.2) is 22.8 Å². The predicted octanol–water partition coefficient (Wildman–Crippen LogP) is 1.79. The van der Waals surface area contributed by atoms with Crippen LogP contribution in [0.15, 0.2) is 18.2 Å². The van der Waals surface area contributed by atoms with E-state index in [-0.39, 0.29) is 46.9 Å². The third kappa shape index (κ3) is 2.74. The number of benzene rings is 1. The number of nitrogens with zero attached hydrogens (tertiary/aromatic N) is 1. The number of amides is 2. The Hall–Kier alpha value is -2.44. The zero-order chi connectivity index (χ0) is 17.4. The molecule has 1 aromatic rings. The third-order valence-electron chi connectivity index (χ3n) is 5.47. The second-order valence-corrected chi connectivity index (χ2v) is 6.71. The van der Waals surface area contributed by atoms with Crippen molar-refractivity contribution in [3.8, 4) is 0 Å². The van der Waals surface area contributed by atoms with E-state index in [1.807, 2.05) is 6.92 Å². The number of hydrogen-bond acceptors (Lipinski definition) is 4. The van der Waals surface area contributed by atoms with Crippen molar-refractivity contribution in [3.05, 3.63) is 39.4 Å². The summed E-state index contributed by atoms with van der Waals surface area (Å²) in [5, 5.41) is 14.1. The number of hydrogen-bond donors (Lipinski definition) is 2. The van der Waals surface area contributed by atoms with Crippen molar-refractivity contribution in [3.63, 3.8) is 0 Å². The van der Waals surface area contributed by atoms with E-state index in [9.17, 15) is 19.7 Å². The number of nitro benzene ring substituents is 1. The van der Waals surface area contributed by atoms with E-state index in [1.165, 1.54) is 6.07 Å². The van der Waals surface area contributed by atoms with E-state index in [1.54, 1.807) is 12.1 Å². The van der Waals surface area contributed by atoms with Crippen LogP contribution in [0.25, 0.3) is 0 Å². The van der Waals surface area contributed by atoms with Crippen LogP contribution < -0.4 is 11.1 Å². The molecule has 2 amide bonds. The van der Waals surface area contributed by atoms with E-state index in [4.69, 9.17) is 5.73 Å². The monoisotopic (exact) mass is 331 g/mol. The molecule has 3 N–H and O–H groups in total. The van der Waals surface area contributed by atoms with Crippen LogP contribution in [-0.2, 0) is 11.2 Å². The van der Waals surface area contributed by atoms with Gasteiger partial charge in [0.1, 0.15) is 0 Å². The Bertz CT molecular complexity index is 703. The van der Waals surface area contributed by atoms with Crippen LogP contribution in [0.1, 0.15) is 42.1 Å². The first-order valence-electron chi connectivity index (χ1n) is 8.29. The summed E-state index contributed by atoms with van der Waals surface area (Å²) in [6.07, 6.45) is 3.39. The van der Waals surface area contributed by atoms with E-state index < -0.39 is 4.92 Å². The summed E-state index contributed by atoms with van der Waals surface area (Å²) >= 11 is 0. The minimum absolute atomic E-state index is 0.0513. The fraction of sp³-hybridized carbons (Fsp3) is 0.529. The van der Waals surface area contributed by atoms with Gasteiger partial charge in [0.25, 0.3) is 11.6 Å². The number of aryl methyl sites for hydroxylation is 1. The van der Waals surface area contributed by atoms with Crippen molar-refractivity contribution in [1.29, 1.82) is 0 Å². The fourth-order valence-electron chi connectivity index (χ4n) is 4.32. The average Bonchev–Trinajstić information content (AvgIpc) is 3.15. The Kier molecular flexibility index (Phi) is 4.26. The zero-order valence-corrected chi connectivity index (χ0v) is 13.5. The SMILES string of the molecule is CCc1ccc(C(=O)N[C@@H]2[C@H]3CC[C@@H](C3)[C@H]2C(N)=O)cc1[N+](=O)[O-]. The summed E-state index contributed by atoms with van der Waals surface area (Å²) in [5.41, 5.74) is 6.29. The van der Waals surface area contributed by atoms with Crippen LogP contribution in [0.3, 0.4) is 0 Å². The van der Waals surface area contributed by atoms with Crippen molar-refractivity contribution < 1.29 is 14.5 Å². The van der Waals surface area contributed by atoms with Gasteiger partial charge in [-0.05, 0) is 43.6 Å². The van der Waals surface area contributed by atoms with Crippen molar-refractivity contribution in [2.45, 2.75) is 38.6 Å². The summed E-state index contributed by atoms with van der Waals surface area (Å²) in [5.74, 6) is -0.585. The molecule has 2 fully saturated rings. The molecule has 128 valence electrons. The van der Waals surface area contributed by atoms with Crippen LogP contribution in [0, 0.1) is 27.9 Å².